The first-order chi connectivity index (χ1) is 8.35. The quantitative estimate of drug-likeness (QED) is 0.556. The van der Waals surface area contributed by atoms with Crippen LogP contribution >= 0.6 is 0 Å². The van der Waals surface area contributed by atoms with E-state index in [1.165, 1.54) is 11.0 Å². The van der Waals surface area contributed by atoms with E-state index in [1.54, 1.807) is 20.8 Å². The predicted octanol–water partition coefficient (Wildman–Crippen LogP) is 0.0190. The van der Waals surface area contributed by atoms with Gasteiger partial charge in [0.2, 0.25) is 5.91 Å². The predicted molar refractivity (Wildman–Crippen MR) is 61.1 cm³/mol. The van der Waals surface area contributed by atoms with Gasteiger partial charge in [0.15, 0.2) is 6.23 Å². The summed E-state index contributed by atoms with van der Waals surface area (Å²) in [5.74, 6) is -1.42. The van der Waals surface area contributed by atoms with Crippen molar-refractivity contribution in [1.29, 1.82) is 0 Å². The summed E-state index contributed by atoms with van der Waals surface area (Å²) >= 11 is 0. The molecule has 2 atom stereocenters. The molecule has 6 nitrogen and oxygen atoms in total. The van der Waals surface area contributed by atoms with Crippen molar-refractivity contribution in [3.63, 3.8) is 0 Å². The van der Waals surface area contributed by atoms with Crippen LogP contribution in [0.2, 0.25) is 0 Å². The molecule has 0 spiro atoms. The van der Waals surface area contributed by atoms with Crippen LogP contribution in [-0.2, 0) is 19.1 Å². The summed E-state index contributed by atoms with van der Waals surface area (Å²) in [5, 5.41) is 9.04. The van der Waals surface area contributed by atoms with Gasteiger partial charge in [0, 0.05) is 0 Å². The summed E-state index contributed by atoms with van der Waals surface area (Å²) in [4.78, 5) is 24.9. The molecule has 0 saturated carbocycles. The van der Waals surface area contributed by atoms with E-state index in [9.17, 15) is 9.59 Å². The smallest absolute Gasteiger partial charge is 0.355 e. The highest BCUT2D eigenvalue weighted by atomic mass is 16.6. The number of hydrogen-bond donors (Lipinski definition) is 1. The minimum absolute atomic E-state index is 0.205. The maximum absolute atomic E-state index is 11.9. The molecule has 0 aromatic carbocycles. The molecular formula is C12H17NO5. The number of hydrogen-bond acceptors (Lipinski definition) is 5. The molecule has 0 aliphatic carbocycles. The molecule has 0 aromatic rings. The Morgan fingerprint density at radius 3 is 2.83 bits per heavy atom. The molecule has 18 heavy (non-hydrogen) atoms. The third-order valence-electron chi connectivity index (χ3n) is 2.76. The Kier molecular flexibility index (Phi) is 3.16. The van der Waals surface area contributed by atoms with Crippen molar-refractivity contribution in [3.8, 4) is 0 Å². The van der Waals surface area contributed by atoms with Gasteiger partial charge in [0.25, 0.3) is 0 Å². The number of carbonyl (C=O) groups is 2. The van der Waals surface area contributed by atoms with Crippen LogP contribution in [0.25, 0.3) is 0 Å². The van der Waals surface area contributed by atoms with Crippen molar-refractivity contribution in [2.45, 2.75) is 32.6 Å². The van der Waals surface area contributed by atoms with Crippen LogP contribution in [0.3, 0.4) is 0 Å². The highest BCUT2D eigenvalue weighted by Gasteiger charge is 2.52. The number of rotatable bonds is 2. The van der Waals surface area contributed by atoms with E-state index < -0.39 is 23.7 Å². The molecule has 2 heterocycles. The Hall–Kier alpha value is -1.40. The summed E-state index contributed by atoms with van der Waals surface area (Å²) in [6.45, 7) is 5.24. The average molecular weight is 255 g/mol. The number of ether oxygens (including phenoxy) is 2. The molecule has 1 saturated heterocycles. The third-order valence-corrected chi connectivity index (χ3v) is 2.76. The first-order valence-corrected chi connectivity index (χ1v) is 5.84. The van der Waals surface area contributed by atoms with Gasteiger partial charge in [-0.2, -0.15) is 0 Å². The lowest BCUT2D eigenvalue weighted by Crippen LogP contribution is -2.65. The lowest BCUT2D eigenvalue weighted by molar-refractivity contribution is -0.197. The largest absolute Gasteiger partial charge is 0.455 e. The van der Waals surface area contributed by atoms with Crippen LogP contribution in [-0.4, -0.2) is 46.9 Å². The Bertz CT molecular complexity index is 409. The molecule has 0 aromatic heterocycles. The molecule has 0 bridgehead atoms. The summed E-state index contributed by atoms with van der Waals surface area (Å²) in [7, 11) is 0. The maximum Gasteiger partial charge on any atom is 0.355 e. The topological polar surface area (TPSA) is 76.1 Å². The van der Waals surface area contributed by atoms with E-state index >= 15 is 0 Å². The lowest BCUT2D eigenvalue weighted by Gasteiger charge is -2.48. The number of esters is 1. The fraction of sp³-hybridized carbons (Fsp3) is 0.667. The second-order valence-corrected chi connectivity index (χ2v) is 5.31. The molecule has 1 N–H and O–H groups in total. The number of carbonyl (C=O) groups excluding carboxylic acids is 2. The van der Waals surface area contributed by atoms with Gasteiger partial charge in [-0.25, -0.2) is 4.79 Å². The van der Waals surface area contributed by atoms with E-state index in [2.05, 4.69) is 0 Å². The minimum atomic E-state index is -0.615. The monoisotopic (exact) mass is 255 g/mol. The summed E-state index contributed by atoms with van der Waals surface area (Å²) in [6, 6.07) is 0. The molecule has 0 unspecified atom stereocenters. The highest BCUT2D eigenvalue weighted by molar-refractivity contribution is 5.98. The maximum atomic E-state index is 11.9. The number of fused-ring (bicyclic) bond motifs is 1. The summed E-state index contributed by atoms with van der Waals surface area (Å²) in [6.07, 6.45) is 0.978. The van der Waals surface area contributed by atoms with Crippen molar-refractivity contribution in [1.82, 2.24) is 4.90 Å². The van der Waals surface area contributed by atoms with Crippen LogP contribution in [0.5, 0.6) is 0 Å². The third kappa shape index (κ3) is 2.13. The minimum Gasteiger partial charge on any atom is -0.455 e. The molecule has 2 aliphatic heterocycles. The zero-order valence-electron chi connectivity index (χ0n) is 10.7. The fourth-order valence-electron chi connectivity index (χ4n) is 1.97. The van der Waals surface area contributed by atoms with Gasteiger partial charge in [-0.15, -0.1) is 0 Å². The Labute approximate surface area is 105 Å². The van der Waals surface area contributed by atoms with Crippen LogP contribution in [0.1, 0.15) is 20.8 Å². The van der Waals surface area contributed by atoms with Crippen molar-refractivity contribution >= 4 is 11.9 Å². The van der Waals surface area contributed by atoms with Crippen molar-refractivity contribution < 1.29 is 24.2 Å². The number of β-lactam (4-membered cyclic amide) rings is 1. The van der Waals surface area contributed by atoms with Gasteiger partial charge in [0.05, 0.1) is 13.2 Å². The molecule has 2 rings (SSSR count). The summed E-state index contributed by atoms with van der Waals surface area (Å²) in [5.41, 5.74) is -0.411. The van der Waals surface area contributed by atoms with Crippen molar-refractivity contribution in [2.24, 2.45) is 5.92 Å². The van der Waals surface area contributed by atoms with E-state index in [1.807, 2.05) is 0 Å². The number of aliphatic hydroxyl groups is 1. The Balaban J connectivity index is 2.13. The molecule has 0 radical (unpaired) electrons. The van der Waals surface area contributed by atoms with E-state index in [4.69, 9.17) is 14.6 Å². The normalized spacial score (nSPS) is 27.2. The van der Waals surface area contributed by atoms with E-state index in [0.717, 1.165) is 0 Å². The highest BCUT2D eigenvalue weighted by Crippen LogP contribution is 2.34. The van der Waals surface area contributed by atoms with Gasteiger partial charge >= 0.3 is 5.97 Å². The SMILES string of the molecule is CC(C)(C)OC(=O)C1=CCO[C@@H]2[C@H](CO)C(=O)N12. The first kappa shape index (κ1) is 13.0. The van der Waals surface area contributed by atoms with E-state index in [-0.39, 0.29) is 24.8 Å². The summed E-state index contributed by atoms with van der Waals surface area (Å²) < 4.78 is 10.6. The lowest BCUT2D eigenvalue weighted by atomic mass is 9.94. The molecule has 100 valence electrons. The molecular weight excluding hydrogens is 238 g/mol. The van der Waals surface area contributed by atoms with Gasteiger partial charge in [-0.05, 0) is 26.8 Å². The van der Waals surface area contributed by atoms with Crippen LogP contribution in [0, 0.1) is 5.92 Å². The standard InChI is InChI=1S/C12H17NO5/c1-12(2,3)18-11(16)8-4-5-17-10-7(6-14)9(15)13(8)10/h4,7,10,14H,5-6H2,1-3H3/t7-,10-/m1/s1. The van der Waals surface area contributed by atoms with Gasteiger partial charge in [0.1, 0.15) is 17.2 Å². The molecule has 6 heteroatoms. The van der Waals surface area contributed by atoms with Crippen LogP contribution < -0.4 is 0 Å². The number of nitrogens with zero attached hydrogens (tertiary/aromatic N) is 1. The molecule has 1 fully saturated rings. The average Bonchev–Trinajstić information content (AvgIpc) is 2.26. The van der Waals surface area contributed by atoms with Gasteiger partial charge in [-0.3, -0.25) is 9.69 Å². The van der Waals surface area contributed by atoms with Crippen molar-refractivity contribution in [3.05, 3.63) is 11.8 Å². The Morgan fingerprint density at radius 1 is 1.61 bits per heavy atom. The zero-order valence-corrected chi connectivity index (χ0v) is 10.7. The van der Waals surface area contributed by atoms with Gasteiger partial charge in [-0.1, -0.05) is 0 Å². The van der Waals surface area contributed by atoms with Crippen molar-refractivity contribution in [2.75, 3.05) is 13.2 Å². The molecule has 1 amide bonds. The zero-order chi connectivity index (χ0) is 13.5. The Morgan fingerprint density at radius 2 is 2.28 bits per heavy atom. The second-order valence-electron chi connectivity index (χ2n) is 5.31. The number of aliphatic hydroxyl groups excluding tert-OH is 1. The number of amides is 1. The fourth-order valence-corrected chi connectivity index (χ4v) is 1.97. The second kappa shape index (κ2) is 4.37. The van der Waals surface area contributed by atoms with Crippen LogP contribution in [0.4, 0.5) is 0 Å². The van der Waals surface area contributed by atoms with Gasteiger partial charge < -0.3 is 14.6 Å². The first-order valence-electron chi connectivity index (χ1n) is 5.84. The molecule has 2 aliphatic rings. The van der Waals surface area contributed by atoms with Crippen LogP contribution in [0.15, 0.2) is 11.8 Å². The van der Waals surface area contributed by atoms with E-state index in [0.29, 0.717) is 0 Å².